The minimum Gasteiger partial charge on any atom is -0.332 e. The molecular formula is C26H34FN3O. The van der Waals surface area contributed by atoms with Gasteiger partial charge in [-0.25, -0.2) is 9.18 Å². The van der Waals surface area contributed by atoms with Crippen molar-refractivity contribution in [2.45, 2.75) is 57.5 Å². The normalized spacial score (nSPS) is 26.1. The minimum absolute atomic E-state index is 0.118. The molecule has 3 saturated heterocycles. The fourth-order valence-corrected chi connectivity index (χ4v) is 5.01. The molecule has 0 saturated carbocycles. The number of benzene rings is 2. The smallest absolute Gasteiger partial charge is 0.315 e. The first-order chi connectivity index (χ1) is 14.7. The number of nitrogens with one attached hydrogen (secondary N) is 2. The molecular weight excluding hydrogens is 389 g/mol. The van der Waals surface area contributed by atoms with Crippen molar-refractivity contribution in [3.05, 3.63) is 59.9 Å². The third kappa shape index (κ3) is 5.27. The van der Waals surface area contributed by atoms with E-state index in [0.717, 1.165) is 48.7 Å². The van der Waals surface area contributed by atoms with Crippen molar-refractivity contribution in [3.63, 3.8) is 0 Å². The molecule has 2 N–H and O–H groups in total. The number of nitrogens with zero attached hydrogens (tertiary/aromatic N) is 1. The van der Waals surface area contributed by atoms with E-state index < -0.39 is 5.54 Å². The molecule has 5 heteroatoms. The first-order valence-electron chi connectivity index (χ1n) is 11.4. The van der Waals surface area contributed by atoms with Gasteiger partial charge in [-0.15, -0.1) is 0 Å². The van der Waals surface area contributed by atoms with E-state index in [1.54, 1.807) is 12.1 Å². The van der Waals surface area contributed by atoms with E-state index in [4.69, 9.17) is 0 Å². The van der Waals surface area contributed by atoms with Crippen molar-refractivity contribution in [1.29, 1.82) is 0 Å². The Bertz CT molecular complexity index is 901. The maximum atomic E-state index is 13.2. The van der Waals surface area contributed by atoms with Gasteiger partial charge in [0, 0.05) is 6.54 Å². The van der Waals surface area contributed by atoms with E-state index in [2.05, 4.69) is 22.5 Å². The standard InChI is InChI=1S/C26H34FN3O/c1-25(2,22-8-4-20(5-9-22)21-6-10-23(27)11-7-21)28-24(31)29-26(3)15-12-19-13-16-30(18-26)17-14-19/h4-11,19H,12-18H2,1-3H3,(H2,28,29,31). The van der Waals surface area contributed by atoms with Gasteiger partial charge in [0.1, 0.15) is 5.82 Å². The summed E-state index contributed by atoms with van der Waals surface area (Å²) in [4.78, 5) is 15.4. The molecule has 31 heavy (non-hydrogen) atoms. The van der Waals surface area contributed by atoms with Gasteiger partial charge in [-0.2, -0.15) is 0 Å². The second kappa shape index (κ2) is 8.62. The Balaban J connectivity index is 1.40. The van der Waals surface area contributed by atoms with E-state index in [1.165, 1.54) is 31.4 Å². The highest BCUT2D eigenvalue weighted by Gasteiger charge is 2.35. The molecule has 0 aliphatic carbocycles. The third-order valence-electron chi connectivity index (χ3n) is 7.01. The highest BCUT2D eigenvalue weighted by atomic mass is 19.1. The van der Waals surface area contributed by atoms with Crippen molar-refractivity contribution in [2.24, 2.45) is 5.92 Å². The molecule has 166 valence electrons. The molecule has 4 nitrogen and oxygen atoms in total. The zero-order valence-corrected chi connectivity index (χ0v) is 18.9. The van der Waals surface area contributed by atoms with Crippen LogP contribution >= 0.6 is 0 Å². The van der Waals surface area contributed by atoms with E-state index in [1.807, 2.05) is 38.1 Å². The van der Waals surface area contributed by atoms with Gasteiger partial charge in [0.15, 0.2) is 0 Å². The number of rotatable bonds is 4. The number of carbonyl (C=O) groups is 1. The van der Waals surface area contributed by atoms with Crippen LogP contribution in [-0.4, -0.2) is 36.1 Å². The predicted octanol–water partition coefficient (Wildman–Crippen LogP) is 5.29. The summed E-state index contributed by atoms with van der Waals surface area (Å²) in [6, 6.07) is 14.5. The van der Waals surface area contributed by atoms with Gasteiger partial charge in [-0.05, 0) is 94.3 Å². The van der Waals surface area contributed by atoms with Gasteiger partial charge >= 0.3 is 6.03 Å². The van der Waals surface area contributed by atoms with Crippen molar-refractivity contribution < 1.29 is 9.18 Å². The summed E-state index contributed by atoms with van der Waals surface area (Å²) in [7, 11) is 0. The van der Waals surface area contributed by atoms with Crippen LogP contribution in [0.5, 0.6) is 0 Å². The monoisotopic (exact) mass is 423 g/mol. The van der Waals surface area contributed by atoms with E-state index in [0.29, 0.717) is 0 Å². The molecule has 0 aromatic heterocycles. The molecule has 2 aromatic rings. The summed E-state index contributed by atoms with van der Waals surface area (Å²) < 4.78 is 13.2. The molecule has 5 rings (SSSR count). The zero-order chi connectivity index (χ0) is 22.1. The molecule has 3 fully saturated rings. The predicted molar refractivity (Wildman–Crippen MR) is 123 cm³/mol. The third-order valence-corrected chi connectivity index (χ3v) is 7.01. The minimum atomic E-state index is -0.511. The summed E-state index contributed by atoms with van der Waals surface area (Å²) in [5.74, 6) is 0.566. The molecule has 2 bridgehead atoms. The lowest BCUT2D eigenvalue weighted by Gasteiger charge is -2.44. The largest absolute Gasteiger partial charge is 0.332 e. The van der Waals surface area contributed by atoms with Crippen molar-refractivity contribution in [2.75, 3.05) is 19.6 Å². The first kappa shape index (κ1) is 21.8. The van der Waals surface area contributed by atoms with Gasteiger partial charge in [0.25, 0.3) is 0 Å². The summed E-state index contributed by atoms with van der Waals surface area (Å²) in [6.07, 6.45) is 4.81. The average molecular weight is 424 g/mol. The molecule has 2 amide bonds. The summed E-state index contributed by atoms with van der Waals surface area (Å²) in [5.41, 5.74) is 2.31. The quantitative estimate of drug-likeness (QED) is 0.702. The van der Waals surface area contributed by atoms with Crippen molar-refractivity contribution in [1.82, 2.24) is 15.5 Å². The van der Waals surface area contributed by atoms with Crippen LogP contribution in [0.3, 0.4) is 0 Å². The highest BCUT2D eigenvalue weighted by molar-refractivity contribution is 5.76. The van der Waals surface area contributed by atoms with Crippen LogP contribution < -0.4 is 10.6 Å². The molecule has 3 aliphatic rings. The maximum absolute atomic E-state index is 13.2. The molecule has 2 aromatic carbocycles. The highest BCUT2D eigenvalue weighted by Crippen LogP contribution is 2.31. The Morgan fingerprint density at radius 3 is 2.19 bits per heavy atom. The van der Waals surface area contributed by atoms with E-state index in [-0.39, 0.29) is 17.4 Å². The number of halogens is 1. The molecule has 3 heterocycles. The lowest BCUT2D eigenvalue weighted by molar-refractivity contribution is 0.0965. The Kier molecular flexibility index (Phi) is 6.07. The van der Waals surface area contributed by atoms with Crippen LogP contribution in [0.15, 0.2) is 48.5 Å². The van der Waals surface area contributed by atoms with E-state index >= 15 is 0 Å². The summed E-state index contributed by atoms with van der Waals surface area (Å²) in [6.45, 7) is 9.43. The molecule has 3 aliphatic heterocycles. The fourth-order valence-electron chi connectivity index (χ4n) is 5.01. The Labute approximate surface area is 185 Å². The number of hydrogen-bond acceptors (Lipinski definition) is 2. The van der Waals surface area contributed by atoms with Crippen LogP contribution in [0.4, 0.5) is 9.18 Å². The second-order valence-corrected chi connectivity index (χ2v) is 10.1. The Morgan fingerprint density at radius 2 is 1.58 bits per heavy atom. The molecule has 1 unspecified atom stereocenters. The molecule has 0 radical (unpaired) electrons. The Morgan fingerprint density at radius 1 is 1.00 bits per heavy atom. The number of carbonyl (C=O) groups excluding carboxylic acids is 1. The fraction of sp³-hybridized carbons (Fsp3) is 0.500. The second-order valence-electron chi connectivity index (χ2n) is 10.1. The lowest BCUT2D eigenvalue weighted by atomic mass is 9.82. The van der Waals surface area contributed by atoms with Crippen LogP contribution in [0.25, 0.3) is 11.1 Å². The van der Waals surface area contributed by atoms with Crippen LogP contribution in [0.2, 0.25) is 0 Å². The van der Waals surface area contributed by atoms with Crippen LogP contribution in [-0.2, 0) is 5.54 Å². The average Bonchev–Trinajstić information content (AvgIpc) is 2.72. The van der Waals surface area contributed by atoms with Crippen molar-refractivity contribution >= 4 is 6.03 Å². The summed E-state index contributed by atoms with van der Waals surface area (Å²) in [5, 5.41) is 6.46. The molecule has 0 spiro atoms. The zero-order valence-electron chi connectivity index (χ0n) is 18.9. The maximum Gasteiger partial charge on any atom is 0.315 e. The van der Waals surface area contributed by atoms with Crippen LogP contribution in [0, 0.1) is 11.7 Å². The SMILES string of the molecule is CC1(NC(=O)NC(C)(C)c2ccc(-c3ccc(F)cc3)cc2)CCC2CCN(CC2)C1. The van der Waals surface area contributed by atoms with Gasteiger partial charge in [-0.1, -0.05) is 36.4 Å². The first-order valence-corrected chi connectivity index (χ1v) is 11.4. The number of hydrogen-bond donors (Lipinski definition) is 2. The Hall–Kier alpha value is -2.40. The number of fused-ring (bicyclic) bond motifs is 5. The number of urea groups is 1. The topological polar surface area (TPSA) is 44.4 Å². The van der Waals surface area contributed by atoms with E-state index in [9.17, 15) is 9.18 Å². The van der Waals surface area contributed by atoms with Crippen molar-refractivity contribution in [3.8, 4) is 11.1 Å². The van der Waals surface area contributed by atoms with Gasteiger partial charge in [0.2, 0.25) is 0 Å². The van der Waals surface area contributed by atoms with Gasteiger partial charge < -0.3 is 15.5 Å². The summed E-state index contributed by atoms with van der Waals surface area (Å²) >= 11 is 0. The van der Waals surface area contributed by atoms with Gasteiger partial charge in [-0.3, -0.25) is 0 Å². The number of piperidine rings is 1. The number of amides is 2. The van der Waals surface area contributed by atoms with Gasteiger partial charge in [0.05, 0.1) is 11.1 Å². The van der Waals surface area contributed by atoms with Crippen LogP contribution in [0.1, 0.15) is 52.0 Å². The lowest BCUT2D eigenvalue weighted by Crippen LogP contribution is -2.60. The molecule has 1 atom stereocenters.